The molecule has 6 N–H and O–H groups in total. The van der Waals surface area contributed by atoms with Crippen molar-refractivity contribution in [2.75, 3.05) is 66.7 Å². The van der Waals surface area contributed by atoms with Gasteiger partial charge in [-0.1, -0.05) is 97.4 Å². The van der Waals surface area contributed by atoms with E-state index in [1.54, 1.807) is 69.0 Å². The molecule has 8 atom stereocenters. The highest BCUT2D eigenvalue weighted by Crippen LogP contribution is 2.32. The number of nitrogens with zero attached hydrogens (tertiary/aromatic N) is 4. The lowest BCUT2D eigenvalue weighted by molar-refractivity contribution is -0.150. The molecule has 0 spiro atoms. The average Bonchev–Trinajstić information content (AvgIpc) is 1.40. The highest BCUT2D eigenvalue weighted by atomic mass is 32.1. The largest absolute Gasteiger partial charge is 0.481 e. The normalized spacial score (nSPS) is 14.8. The van der Waals surface area contributed by atoms with Gasteiger partial charge in [0, 0.05) is 102 Å². The molecule has 2 heterocycles. The number of hydrogen-bond donors (Lipinski definition) is 6. The van der Waals surface area contributed by atoms with Gasteiger partial charge in [-0.15, -0.1) is 11.3 Å². The Labute approximate surface area is 562 Å². The molecular formula is C69H101N9O16S. The zero-order valence-electron chi connectivity index (χ0n) is 57.3. The van der Waals surface area contributed by atoms with Gasteiger partial charge in [-0.3, -0.25) is 57.7 Å². The first-order valence-electron chi connectivity index (χ1n) is 32.8. The van der Waals surface area contributed by atoms with E-state index in [2.05, 4.69) is 31.6 Å². The second-order valence-electron chi connectivity index (χ2n) is 25.2. The van der Waals surface area contributed by atoms with E-state index in [0.717, 1.165) is 39.5 Å². The number of carboxylic acids is 1. The number of thiazole rings is 1. The molecule has 25 nitrogen and oxygen atoms in total. The van der Waals surface area contributed by atoms with Crippen LogP contribution in [0.5, 0.6) is 0 Å². The minimum atomic E-state index is -1.27. The van der Waals surface area contributed by atoms with Crippen molar-refractivity contribution in [3.8, 4) is 0 Å². The number of carbonyl (C=O) groups is 11. The molecule has 8 amide bonds. The van der Waals surface area contributed by atoms with Crippen LogP contribution in [0.15, 0.2) is 72.1 Å². The monoisotopic (exact) mass is 1340 g/mol. The fourth-order valence-electron chi connectivity index (χ4n) is 10.5. The van der Waals surface area contributed by atoms with Gasteiger partial charge in [0.1, 0.15) is 29.4 Å². The number of methoxy groups -OCH3 is 1. The summed E-state index contributed by atoms with van der Waals surface area (Å²) < 4.78 is 22.3. The van der Waals surface area contributed by atoms with Crippen molar-refractivity contribution in [3.05, 3.63) is 99.5 Å². The summed E-state index contributed by atoms with van der Waals surface area (Å²) in [7, 11) is 3.29. The minimum absolute atomic E-state index is 0.00746. The molecule has 0 fully saturated rings. The number of aromatic nitrogens is 1. The van der Waals surface area contributed by atoms with Gasteiger partial charge >= 0.3 is 17.9 Å². The fourth-order valence-corrected chi connectivity index (χ4v) is 11.4. The van der Waals surface area contributed by atoms with Crippen molar-refractivity contribution in [1.29, 1.82) is 0 Å². The Kier molecular flexibility index (Phi) is 33.9. The zero-order valence-corrected chi connectivity index (χ0v) is 58.1. The molecule has 0 saturated heterocycles. The molecule has 2 aromatic carbocycles. The van der Waals surface area contributed by atoms with Gasteiger partial charge < -0.3 is 55.5 Å². The maximum atomic E-state index is 15.2. The number of nitrogens with one attached hydrogen (secondary N) is 5. The second kappa shape index (κ2) is 40.5. The lowest BCUT2D eigenvalue weighted by Crippen LogP contribution is -2.61. The molecule has 95 heavy (non-hydrogen) atoms. The van der Waals surface area contributed by atoms with Crippen molar-refractivity contribution in [1.82, 2.24) is 46.3 Å². The third kappa shape index (κ3) is 26.6. The number of carboxylic acid groups (broad SMARTS) is 1. The van der Waals surface area contributed by atoms with Crippen molar-refractivity contribution in [3.63, 3.8) is 0 Å². The van der Waals surface area contributed by atoms with Gasteiger partial charge in [0.25, 0.3) is 17.7 Å². The van der Waals surface area contributed by atoms with Gasteiger partial charge in [-0.2, -0.15) is 0 Å². The molecule has 4 rings (SSSR count). The van der Waals surface area contributed by atoms with Gasteiger partial charge in [0.15, 0.2) is 6.10 Å². The number of aliphatic carboxylic acids is 1. The Bertz CT molecular complexity index is 3030. The van der Waals surface area contributed by atoms with Crippen LogP contribution in [0.3, 0.4) is 0 Å². The van der Waals surface area contributed by atoms with Crippen molar-refractivity contribution in [2.24, 2.45) is 23.7 Å². The number of benzene rings is 2. The smallest absolute Gasteiger partial charge is 0.338 e. The van der Waals surface area contributed by atoms with Crippen LogP contribution < -0.4 is 26.6 Å². The highest BCUT2D eigenvalue weighted by Gasteiger charge is 2.41. The molecule has 1 aromatic heterocycles. The van der Waals surface area contributed by atoms with Crippen LogP contribution in [-0.2, 0) is 75.1 Å². The van der Waals surface area contributed by atoms with E-state index >= 15 is 4.79 Å². The molecule has 0 saturated carbocycles. The number of imide groups is 1. The lowest BCUT2D eigenvalue weighted by atomic mass is 9.91. The summed E-state index contributed by atoms with van der Waals surface area (Å²) in [5.41, 5.74) is 0.627. The summed E-state index contributed by atoms with van der Waals surface area (Å²) >= 11 is 1.10. The molecular weight excluding hydrogens is 1240 g/mol. The topological polar surface area (TPSA) is 328 Å². The van der Waals surface area contributed by atoms with E-state index in [1.165, 1.54) is 12.3 Å². The van der Waals surface area contributed by atoms with Crippen LogP contribution in [0, 0.1) is 23.7 Å². The number of amides is 8. The number of esters is 2. The van der Waals surface area contributed by atoms with Gasteiger partial charge in [0.05, 0.1) is 36.8 Å². The number of hydrogen-bond acceptors (Lipinski definition) is 18. The molecule has 0 aliphatic carbocycles. The first-order chi connectivity index (χ1) is 45.1. The number of likely N-dealkylation sites (N-methyl/N-ethyl adjacent to an activating group) is 1. The molecule has 3 aromatic rings. The third-order valence-electron chi connectivity index (χ3n) is 16.7. The zero-order chi connectivity index (χ0) is 70.4. The summed E-state index contributed by atoms with van der Waals surface area (Å²) in [5.74, 6) is -7.03. The standard InChI is InChI=1S/C69H101N9O16S/c1-13-33-77(55(44(3)4)39-56(94-48(8)79)64-74-54(43-95-64)63(85)72-52(37-47(7)66(87)88)38-49-23-25-51(26-24-49)67(89)93-42-50-20-16-15-17-21-50)65(86)61(46(6)14-2)75-68(90)69(9,10)76(11)34-29-58(81)73-53(62(84)71-32-36-92-41-45(5)40-91-12)22-18-19-31-70-57(80)30-35-78-59(82)27-28-60(78)83/h15-17,20-21,23-28,43-47,52-53,55-56,61H,13-14,18-19,22,29-42H2,1-12H3,(H,70,80)(H,71,84)(H,72,85)(H,73,81)(H,75,90)(H,87,88)/t45?,46?,47?,52-,53?,55-,56-,61+/m1/s1. The number of ether oxygens (including phenoxy) is 4. The predicted molar refractivity (Wildman–Crippen MR) is 357 cm³/mol. The average molecular weight is 1340 g/mol. The van der Waals surface area contributed by atoms with Crippen LogP contribution in [0.2, 0.25) is 0 Å². The second-order valence-corrected chi connectivity index (χ2v) is 26.1. The van der Waals surface area contributed by atoms with E-state index in [9.17, 15) is 53.1 Å². The van der Waals surface area contributed by atoms with E-state index in [-0.39, 0.29) is 120 Å². The Morgan fingerprint density at radius 3 is 2.09 bits per heavy atom. The quantitative estimate of drug-likeness (QED) is 0.0204. The van der Waals surface area contributed by atoms with E-state index < -0.39 is 95.1 Å². The molecule has 4 unspecified atom stereocenters. The maximum Gasteiger partial charge on any atom is 0.338 e. The summed E-state index contributed by atoms with van der Waals surface area (Å²) in [6, 6.07) is 12.7. The van der Waals surface area contributed by atoms with Crippen molar-refractivity contribution in [2.45, 2.75) is 176 Å². The van der Waals surface area contributed by atoms with Gasteiger partial charge in [-0.25, -0.2) is 9.78 Å². The molecule has 0 bridgehead atoms. The van der Waals surface area contributed by atoms with Gasteiger partial charge in [0.2, 0.25) is 29.5 Å². The molecule has 524 valence electrons. The predicted octanol–water partition coefficient (Wildman–Crippen LogP) is 6.34. The van der Waals surface area contributed by atoms with Crippen LogP contribution in [-0.4, -0.2) is 186 Å². The SMILES string of the molecule is CCCN(C(=O)[C@@H](NC(=O)C(C)(C)N(C)CCC(=O)NC(CCCCNC(=O)CCN1C(=O)C=CC1=O)C(=O)NCCOCC(C)COC)C(C)CC)[C@H](C[C@@H](OC(C)=O)c1nc(C(=O)N[C@@H](Cc2ccc(C(=O)OCc3ccccc3)cc2)CC(C)C(=O)O)cs1)C(C)C. The molecule has 1 aliphatic heterocycles. The summed E-state index contributed by atoms with van der Waals surface area (Å²) in [6.07, 6.45) is 3.68. The van der Waals surface area contributed by atoms with E-state index in [1.807, 2.05) is 71.9 Å². The molecule has 26 heteroatoms. The number of unbranched alkanes of at least 4 members (excludes halogenated alkanes) is 1. The van der Waals surface area contributed by atoms with E-state index in [0.29, 0.717) is 49.5 Å². The Hall–Kier alpha value is -7.94. The first-order valence-corrected chi connectivity index (χ1v) is 33.7. The van der Waals surface area contributed by atoms with Gasteiger partial charge in [-0.05, 0) is 94.5 Å². The molecule has 0 radical (unpaired) electrons. The van der Waals surface area contributed by atoms with E-state index in [4.69, 9.17) is 18.9 Å². The first kappa shape index (κ1) is 79.5. The third-order valence-corrected chi connectivity index (χ3v) is 17.6. The Balaban J connectivity index is 1.44. The summed E-state index contributed by atoms with van der Waals surface area (Å²) in [4.78, 5) is 154. The fraction of sp³-hybridized carbons (Fsp3) is 0.594. The number of rotatable bonds is 44. The summed E-state index contributed by atoms with van der Waals surface area (Å²) in [5, 5.41) is 26.2. The lowest BCUT2D eigenvalue weighted by Gasteiger charge is -2.41. The number of carbonyl (C=O) groups excluding carboxylic acids is 10. The minimum Gasteiger partial charge on any atom is -0.481 e. The molecule has 1 aliphatic rings. The van der Waals surface area contributed by atoms with Crippen molar-refractivity contribution >= 4 is 76.5 Å². The van der Waals surface area contributed by atoms with Crippen LogP contribution >= 0.6 is 11.3 Å². The van der Waals surface area contributed by atoms with Crippen LogP contribution in [0.25, 0.3) is 0 Å². The van der Waals surface area contributed by atoms with Crippen molar-refractivity contribution < 1.29 is 76.8 Å². The maximum absolute atomic E-state index is 15.2. The van der Waals surface area contributed by atoms with Crippen LogP contribution in [0.1, 0.15) is 170 Å². The van der Waals surface area contributed by atoms with Crippen LogP contribution in [0.4, 0.5) is 0 Å². The summed E-state index contributed by atoms with van der Waals surface area (Å²) in [6.45, 7) is 19.8. The highest BCUT2D eigenvalue weighted by molar-refractivity contribution is 7.09. The Morgan fingerprint density at radius 1 is 0.789 bits per heavy atom. The Morgan fingerprint density at radius 2 is 1.47 bits per heavy atom.